The average molecular weight is 388 g/mol. The Labute approximate surface area is 164 Å². The number of methoxy groups -OCH3 is 1. The van der Waals surface area contributed by atoms with Gasteiger partial charge in [-0.1, -0.05) is 17.8 Å². The van der Waals surface area contributed by atoms with Crippen LogP contribution in [0.4, 0.5) is 5.69 Å². The van der Waals surface area contributed by atoms with Crippen LogP contribution in [-0.4, -0.2) is 64.6 Å². The summed E-state index contributed by atoms with van der Waals surface area (Å²) in [6.07, 6.45) is 1.81. The molecule has 1 saturated heterocycles. The smallest absolute Gasteiger partial charge is 0.233 e. The molecule has 0 atom stereocenters. The van der Waals surface area contributed by atoms with Crippen molar-refractivity contribution in [2.75, 3.05) is 43.9 Å². The Hall–Kier alpha value is -2.48. The summed E-state index contributed by atoms with van der Waals surface area (Å²) in [6, 6.07) is 8.04. The van der Waals surface area contributed by atoms with E-state index in [-0.39, 0.29) is 5.91 Å². The fourth-order valence-corrected chi connectivity index (χ4v) is 3.93. The fraction of sp³-hybridized carbons (Fsp3) is 0.421. The highest BCUT2D eigenvalue weighted by Crippen LogP contribution is 2.21. The number of piperazine rings is 1. The van der Waals surface area contributed by atoms with Gasteiger partial charge in [0.2, 0.25) is 5.91 Å². The normalized spacial score (nSPS) is 14.3. The largest absolute Gasteiger partial charge is 0.497 e. The van der Waals surface area contributed by atoms with Crippen molar-refractivity contribution < 1.29 is 9.53 Å². The standard InChI is InChI=1S/C19H25N5O2S/c1-4-9-24-15(2)20-21-19(24)27-14-18(25)23-12-10-22(11-13-23)16-5-7-17(26-3)8-6-16/h4-8H,1,9-14H2,2-3H3. The maximum Gasteiger partial charge on any atom is 0.233 e. The molecule has 27 heavy (non-hydrogen) atoms. The van der Waals surface area contributed by atoms with Crippen LogP contribution in [0.3, 0.4) is 0 Å². The van der Waals surface area contributed by atoms with Gasteiger partial charge in [-0.05, 0) is 31.2 Å². The van der Waals surface area contributed by atoms with Gasteiger partial charge in [-0.25, -0.2) is 0 Å². The lowest BCUT2D eigenvalue weighted by atomic mass is 10.2. The highest BCUT2D eigenvalue weighted by Gasteiger charge is 2.22. The lowest BCUT2D eigenvalue weighted by molar-refractivity contribution is -0.128. The number of thioether (sulfide) groups is 1. The minimum atomic E-state index is 0.139. The topological polar surface area (TPSA) is 63.5 Å². The number of hydrogen-bond acceptors (Lipinski definition) is 6. The molecule has 0 spiro atoms. The number of carbonyl (C=O) groups excluding carboxylic acids is 1. The number of anilines is 1. The van der Waals surface area contributed by atoms with Gasteiger partial charge in [-0.2, -0.15) is 0 Å². The number of hydrogen-bond donors (Lipinski definition) is 0. The molecule has 0 radical (unpaired) electrons. The Balaban J connectivity index is 1.50. The first-order valence-electron chi connectivity index (χ1n) is 8.92. The van der Waals surface area contributed by atoms with E-state index in [9.17, 15) is 4.79 Å². The second-order valence-electron chi connectivity index (χ2n) is 6.28. The van der Waals surface area contributed by atoms with Crippen LogP contribution < -0.4 is 9.64 Å². The van der Waals surface area contributed by atoms with E-state index >= 15 is 0 Å². The summed E-state index contributed by atoms with van der Waals surface area (Å²) in [4.78, 5) is 16.8. The first-order valence-corrected chi connectivity index (χ1v) is 9.91. The van der Waals surface area contributed by atoms with Crippen LogP contribution in [0.1, 0.15) is 5.82 Å². The molecule has 1 aromatic carbocycles. The summed E-state index contributed by atoms with van der Waals surface area (Å²) in [5.41, 5.74) is 1.16. The summed E-state index contributed by atoms with van der Waals surface area (Å²) < 4.78 is 7.17. The number of benzene rings is 1. The average Bonchev–Trinajstić information content (AvgIpc) is 3.06. The third-order valence-corrected chi connectivity index (χ3v) is 5.56. The van der Waals surface area contributed by atoms with Gasteiger partial charge in [0, 0.05) is 38.4 Å². The zero-order chi connectivity index (χ0) is 19.2. The number of amides is 1. The predicted molar refractivity (Wildman–Crippen MR) is 107 cm³/mol. The van der Waals surface area contributed by atoms with E-state index in [1.165, 1.54) is 11.8 Å². The van der Waals surface area contributed by atoms with E-state index in [0.29, 0.717) is 12.3 Å². The Morgan fingerprint density at radius 2 is 1.93 bits per heavy atom. The molecule has 0 bridgehead atoms. The van der Waals surface area contributed by atoms with Crippen LogP contribution in [0.25, 0.3) is 0 Å². The summed E-state index contributed by atoms with van der Waals surface area (Å²) in [7, 11) is 1.67. The molecule has 0 aliphatic carbocycles. The monoisotopic (exact) mass is 387 g/mol. The second-order valence-corrected chi connectivity index (χ2v) is 7.23. The number of aromatic nitrogens is 3. The van der Waals surface area contributed by atoms with Crippen LogP contribution in [0.15, 0.2) is 42.1 Å². The molecule has 0 N–H and O–H groups in total. The van der Waals surface area contributed by atoms with Crippen molar-refractivity contribution in [3.8, 4) is 5.75 Å². The number of aryl methyl sites for hydroxylation is 1. The third kappa shape index (κ3) is 4.63. The van der Waals surface area contributed by atoms with Crippen LogP contribution in [0.2, 0.25) is 0 Å². The van der Waals surface area contributed by atoms with Crippen molar-refractivity contribution in [2.45, 2.75) is 18.6 Å². The van der Waals surface area contributed by atoms with Crippen LogP contribution in [-0.2, 0) is 11.3 Å². The first kappa shape index (κ1) is 19.3. The predicted octanol–water partition coefficient (Wildman–Crippen LogP) is 2.22. The molecule has 1 aromatic heterocycles. The lowest BCUT2D eigenvalue weighted by Gasteiger charge is -2.36. The first-order chi connectivity index (χ1) is 13.1. The summed E-state index contributed by atoms with van der Waals surface area (Å²) in [6.45, 7) is 9.42. The molecule has 7 nitrogen and oxygen atoms in total. The molecule has 1 aliphatic rings. The van der Waals surface area contributed by atoms with Gasteiger partial charge in [0.25, 0.3) is 0 Å². The van der Waals surface area contributed by atoms with Crippen LogP contribution in [0.5, 0.6) is 5.75 Å². The van der Waals surface area contributed by atoms with E-state index in [2.05, 4.69) is 33.8 Å². The van der Waals surface area contributed by atoms with Crippen molar-refractivity contribution in [1.29, 1.82) is 0 Å². The van der Waals surface area contributed by atoms with Gasteiger partial charge < -0.3 is 19.1 Å². The highest BCUT2D eigenvalue weighted by atomic mass is 32.2. The Morgan fingerprint density at radius 3 is 2.56 bits per heavy atom. The molecule has 8 heteroatoms. The van der Waals surface area contributed by atoms with Crippen molar-refractivity contribution in [1.82, 2.24) is 19.7 Å². The molecule has 3 rings (SSSR count). The molecule has 1 fully saturated rings. The quantitative estimate of drug-likeness (QED) is 0.536. The number of nitrogens with zero attached hydrogens (tertiary/aromatic N) is 5. The van der Waals surface area contributed by atoms with E-state index in [1.54, 1.807) is 13.2 Å². The SMILES string of the molecule is C=CCn1c(C)nnc1SCC(=O)N1CCN(c2ccc(OC)cc2)CC1. The highest BCUT2D eigenvalue weighted by molar-refractivity contribution is 7.99. The number of carbonyl (C=O) groups is 1. The van der Waals surface area contributed by atoms with Crippen LogP contribution >= 0.6 is 11.8 Å². The van der Waals surface area contributed by atoms with E-state index < -0.39 is 0 Å². The minimum Gasteiger partial charge on any atom is -0.497 e. The summed E-state index contributed by atoms with van der Waals surface area (Å²) in [5.74, 6) is 2.19. The minimum absolute atomic E-state index is 0.139. The van der Waals surface area contributed by atoms with E-state index in [0.717, 1.165) is 48.6 Å². The number of rotatable bonds is 7. The maximum absolute atomic E-state index is 12.6. The van der Waals surface area contributed by atoms with Crippen LogP contribution in [0, 0.1) is 6.92 Å². The molecular weight excluding hydrogens is 362 g/mol. The number of allylic oxidation sites excluding steroid dienone is 1. The molecule has 144 valence electrons. The van der Waals surface area contributed by atoms with Gasteiger partial charge in [-0.3, -0.25) is 4.79 Å². The lowest BCUT2D eigenvalue weighted by Crippen LogP contribution is -2.49. The Kier molecular flexibility index (Phi) is 6.39. The van der Waals surface area contributed by atoms with Gasteiger partial charge in [0.15, 0.2) is 5.16 Å². The molecule has 2 aromatic rings. The zero-order valence-electron chi connectivity index (χ0n) is 15.8. The third-order valence-electron chi connectivity index (χ3n) is 4.61. The zero-order valence-corrected chi connectivity index (χ0v) is 16.6. The maximum atomic E-state index is 12.6. The van der Waals surface area contributed by atoms with Gasteiger partial charge in [0.1, 0.15) is 11.6 Å². The Morgan fingerprint density at radius 1 is 1.22 bits per heavy atom. The van der Waals surface area contributed by atoms with Crippen molar-refractivity contribution >= 4 is 23.4 Å². The van der Waals surface area contributed by atoms with Gasteiger partial charge in [0.05, 0.1) is 12.9 Å². The molecule has 0 saturated carbocycles. The van der Waals surface area contributed by atoms with Crippen molar-refractivity contribution in [3.05, 3.63) is 42.7 Å². The number of ether oxygens (including phenoxy) is 1. The molecule has 0 unspecified atom stereocenters. The molecule has 1 amide bonds. The van der Waals surface area contributed by atoms with Gasteiger partial charge >= 0.3 is 0 Å². The summed E-state index contributed by atoms with van der Waals surface area (Å²) >= 11 is 1.43. The van der Waals surface area contributed by atoms with E-state index in [1.807, 2.05) is 28.5 Å². The van der Waals surface area contributed by atoms with Crippen molar-refractivity contribution in [3.63, 3.8) is 0 Å². The molecular formula is C19H25N5O2S. The van der Waals surface area contributed by atoms with Gasteiger partial charge in [-0.15, -0.1) is 16.8 Å². The Bertz CT molecular complexity index is 782. The van der Waals surface area contributed by atoms with Crippen molar-refractivity contribution in [2.24, 2.45) is 0 Å². The molecule has 1 aliphatic heterocycles. The second kappa shape index (κ2) is 8.94. The molecule has 2 heterocycles. The summed E-state index contributed by atoms with van der Waals surface area (Å²) in [5, 5.41) is 9.00. The van der Waals surface area contributed by atoms with E-state index in [4.69, 9.17) is 4.74 Å². The fourth-order valence-electron chi connectivity index (χ4n) is 3.03.